The first kappa shape index (κ1) is 18.4. The third kappa shape index (κ3) is 4.14. The Labute approximate surface area is 167 Å². The van der Waals surface area contributed by atoms with Crippen LogP contribution in [-0.4, -0.2) is 29.6 Å². The van der Waals surface area contributed by atoms with Crippen LogP contribution in [0.1, 0.15) is 0 Å². The lowest BCUT2D eigenvalue weighted by Crippen LogP contribution is -2.19. The van der Waals surface area contributed by atoms with E-state index in [9.17, 15) is 4.79 Å². The van der Waals surface area contributed by atoms with Gasteiger partial charge in [0.2, 0.25) is 0 Å². The van der Waals surface area contributed by atoms with Gasteiger partial charge in [0, 0.05) is 47.5 Å². The lowest BCUT2D eigenvalue weighted by Gasteiger charge is -2.11. The molecule has 0 radical (unpaired) electrons. The molecule has 2 N–H and O–H groups in total. The first-order valence-electron chi connectivity index (χ1n) is 9.00. The molecule has 2 amide bonds. The van der Waals surface area contributed by atoms with Crippen LogP contribution in [0.5, 0.6) is 11.5 Å². The number of nitrogens with zero attached hydrogens (tertiary/aromatic N) is 2. The van der Waals surface area contributed by atoms with E-state index in [1.807, 2.05) is 59.3 Å². The molecule has 4 rings (SSSR count). The molecular formula is C22H20N4O3. The molecule has 0 bridgehead atoms. The van der Waals surface area contributed by atoms with Gasteiger partial charge in [-0.2, -0.15) is 0 Å². The van der Waals surface area contributed by atoms with Crippen LogP contribution in [0.2, 0.25) is 0 Å². The van der Waals surface area contributed by atoms with Gasteiger partial charge in [-0.15, -0.1) is 0 Å². The second kappa shape index (κ2) is 7.93. The predicted octanol–water partition coefficient (Wildman–Crippen LogP) is 4.66. The van der Waals surface area contributed by atoms with Crippen molar-refractivity contribution < 1.29 is 14.3 Å². The average Bonchev–Trinajstić information content (AvgIpc) is 3.18. The zero-order valence-corrected chi connectivity index (χ0v) is 16.0. The third-order valence-electron chi connectivity index (χ3n) is 4.41. The summed E-state index contributed by atoms with van der Waals surface area (Å²) in [6.45, 7) is 0. The van der Waals surface area contributed by atoms with Crippen molar-refractivity contribution in [1.29, 1.82) is 0 Å². The molecule has 7 nitrogen and oxygen atoms in total. The number of hydrogen-bond donors (Lipinski definition) is 2. The van der Waals surface area contributed by atoms with Gasteiger partial charge < -0.3 is 24.5 Å². The van der Waals surface area contributed by atoms with Crippen molar-refractivity contribution >= 4 is 23.1 Å². The highest BCUT2D eigenvalue weighted by Crippen LogP contribution is 2.26. The number of hydrogen-bond acceptors (Lipinski definition) is 4. The number of carbonyl (C=O) groups excluding carboxylic acids is 1. The molecular weight excluding hydrogens is 368 g/mol. The fraction of sp³-hybridized carbons (Fsp3) is 0.0909. The number of ether oxygens (including phenoxy) is 2. The Kier molecular flexibility index (Phi) is 5.03. The maximum atomic E-state index is 12.3. The minimum absolute atomic E-state index is 0.360. The van der Waals surface area contributed by atoms with Gasteiger partial charge in [-0.05, 0) is 24.3 Å². The van der Waals surface area contributed by atoms with Crippen LogP contribution in [-0.2, 0) is 0 Å². The van der Waals surface area contributed by atoms with Crippen LogP contribution in [0.15, 0.2) is 73.1 Å². The highest BCUT2D eigenvalue weighted by molar-refractivity contribution is 6.00. The minimum atomic E-state index is -0.360. The van der Waals surface area contributed by atoms with Crippen LogP contribution in [0, 0.1) is 0 Å². The number of pyridine rings is 1. The lowest BCUT2D eigenvalue weighted by molar-refractivity contribution is 0.262. The molecule has 0 aliphatic heterocycles. The molecule has 7 heteroatoms. The van der Waals surface area contributed by atoms with E-state index >= 15 is 0 Å². The third-order valence-corrected chi connectivity index (χ3v) is 4.41. The number of amides is 2. The fourth-order valence-corrected chi connectivity index (χ4v) is 2.97. The zero-order valence-electron chi connectivity index (χ0n) is 16.0. The smallest absolute Gasteiger partial charge is 0.323 e. The standard InChI is InChI=1S/C22H20N4O3/c1-28-18-11-17(12-19(13-18)29-2)24-22(27)23-16-8-6-15(7-9-16)20-14-26-10-4-3-5-21(26)25-20/h3-14H,1-2H3,(H2,23,24,27). The van der Waals surface area contributed by atoms with Crippen LogP contribution in [0.4, 0.5) is 16.2 Å². The normalized spacial score (nSPS) is 10.6. The SMILES string of the molecule is COc1cc(NC(=O)Nc2ccc(-c3cn4ccccc4n3)cc2)cc(OC)c1. The molecule has 0 aliphatic rings. The van der Waals surface area contributed by atoms with Crippen LogP contribution in [0.25, 0.3) is 16.9 Å². The van der Waals surface area contributed by atoms with Crippen molar-refractivity contribution in [2.45, 2.75) is 0 Å². The molecule has 4 aromatic rings. The number of anilines is 2. The van der Waals surface area contributed by atoms with Crippen LogP contribution < -0.4 is 20.1 Å². The Morgan fingerprint density at radius 2 is 1.59 bits per heavy atom. The van der Waals surface area contributed by atoms with Gasteiger partial charge >= 0.3 is 6.03 Å². The molecule has 29 heavy (non-hydrogen) atoms. The maximum Gasteiger partial charge on any atom is 0.323 e. The second-order valence-corrected chi connectivity index (χ2v) is 6.35. The van der Waals surface area contributed by atoms with Gasteiger partial charge in [0.05, 0.1) is 19.9 Å². The highest BCUT2D eigenvalue weighted by Gasteiger charge is 2.08. The van der Waals surface area contributed by atoms with E-state index in [1.54, 1.807) is 32.4 Å². The highest BCUT2D eigenvalue weighted by atomic mass is 16.5. The Bertz CT molecular complexity index is 1100. The molecule has 0 aliphatic carbocycles. The predicted molar refractivity (Wildman–Crippen MR) is 113 cm³/mol. The summed E-state index contributed by atoms with van der Waals surface area (Å²) in [5.41, 5.74) is 3.97. The number of fused-ring (bicyclic) bond motifs is 1. The number of rotatable bonds is 5. The molecule has 2 heterocycles. The van der Waals surface area contributed by atoms with E-state index in [0.29, 0.717) is 22.9 Å². The van der Waals surface area contributed by atoms with E-state index in [0.717, 1.165) is 16.9 Å². The van der Waals surface area contributed by atoms with E-state index in [2.05, 4.69) is 15.6 Å². The molecule has 2 aromatic heterocycles. The van der Waals surface area contributed by atoms with Gasteiger partial charge in [-0.25, -0.2) is 9.78 Å². The summed E-state index contributed by atoms with van der Waals surface area (Å²) >= 11 is 0. The molecule has 0 unspecified atom stereocenters. The first-order chi connectivity index (χ1) is 14.1. The number of benzene rings is 2. The minimum Gasteiger partial charge on any atom is -0.497 e. The van der Waals surface area contributed by atoms with Crippen molar-refractivity contribution in [3.63, 3.8) is 0 Å². The summed E-state index contributed by atoms with van der Waals surface area (Å²) in [4.78, 5) is 16.9. The largest absolute Gasteiger partial charge is 0.497 e. The Morgan fingerprint density at radius 3 is 2.24 bits per heavy atom. The number of aromatic nitrogens is 2. The second-order valence-electron chi connectivity index (χ2n) is 6.35. The molecule has 0 saturated carbocycles. The monoisotopic (exact) mass is 388 g/mol. The molecule has 0 spiro atoms. The van der Waals surface area contributed by atoms with Crippen molar-refractivity contribution in [3.05, 3.63) is 73.1 Å². The average molecular weight is 388 g/mol. The lowest BCUT2D eigenvalue weighted by atomic mass is 10.1. The fourth-order valence-electron chi connectivity index (χ4n) is 2.97. The van der Waals surface area contributed by atoms with Crippen LogP contribution >= 0.6 is 0 Å². The Hall–Kier alpha value is -4.00. The van der Waals surface area contributed by atoms with E-state index in [1.165, 1.54) is 0 Å². The molecule has 0 saturated heterocycles. The van der Waals surface area contributed by atoms with Crippen molar-refractivity contribution in [2.24, 2.45) is 0 Å². The summed E-state index contributed by atoms with van der Waals surface area (Å²) in [5, 5.41) is 5.59. The van der Waals surface area contributed by atoms with Crippen LogP contribution in [0.3, 0.4) is 0 Å². The number of nitrogens with one attached hydrogen (secondary N) is 2. The Morgan fingerprint density at radius 1 is 0.897 bits per heavy atom. The van der Waals surface area contributed by atoms with Crippen molar-refractivity contribution in [2.75, 3.05) is 24.9 Å². The van der Waals surface area contributed by atoms with Gasteiger partial charge in [-0.1, -0.05) is 18.2 Å². The van der Waals surface area contributed by atoms with Gasteiger partial charge in [0.15, 0.2) is 0 Å². The summed E-state index contributed by atoms with van der Waals surface area (Å²) in [5.74, 6) is 1.19. The number of methoxy groups -OCH3 is 2. The number of urea groups is 1. The number of carbonyl (C=O) groups is 1. The molecule has 0 atom stereocenters. The maximum absolute atomic E-state index is 12.3. The molecule has 0 fully saturated rings. The topological polar surface area (TPSA) is 76.9 Å². The van der Waals surface area contributed by atoms with Gasteiger partial charge in [0.25, 0.3) is 0 Å². The van der Waals surface area contributed by atoms with Crippen molar-refractivity contribution in [1.82, 2.24) is 9.38 Å². The van der Waals surface area contributed by atoms with Gasteiger partial charge in [-0.3, -0.25) is 0 Å². The Balaban J connectivity index is 1.45. The van der Waals surface area contributed by atoms with E-state index in [-0.39, 0.29) is 6.03 Å². The zero-order chi connectivity index (χ0) is 20.2. The summed E-state index contributed by atoms with van der Waals surface area (Å²) in [7, 11) is 3.12. The number of imidazole rings is 1. The van der Waals surface area contributed by atoms with Gasteiger partial charge in [0.1, 0.15) is 17.1 Å². The summed E-state index contributed by atoms with van der Waals surface area (Å²) < 4.78 is 12.4. The quantitative estimate of drug-likeness (QED) is 0.521. The molecule has 2 aromatic carbocycles. The van der Waals surface area contributed by atoms with Crippen molar-refractivity contribution in [3.8, 4) is 22.8 Å². The summed E-state index contributed by atoms with van der Waals surface area (Å²) in [6, 6.07) is 18.2. The van der Waals surface area contributed by atoms with E-state index < -0.39 is 0 Å². The van der Waals surface area contributed by atoms with E-state index in [4.69, 9.17) is 9.47 Å². The summed E-state index contributed by atoms with van der Waals surface area (Å²) in [6.07, 6.45) is 3.93. The first-order valence-corrected chi connectivity index (χ1v) is 9.00. The molecule has 146 valence electrons.